The smallest absolute Gasteiger partial charge is 0.407 e. The summed E-state index contributed by atoms with van der Waals surface area (Å²) in [4.78, 5) is 14.3. The first-order chi connectivity index (χ1) is 11.4. The van der Waals surface area contributed by atoms with Crippen molar-refractivity contribution in [3.05, 3.63) is 24.4 Å². The third-order valence-electron chi connectivity index (χ3n) is 4.44. The molecule has 0 saturated carbocycles. The summed E-state index contributed by atoms with van der Waals surface area (Å²) in [7, 11) is 0. The van der Waals surface area contributed by atoms with Crippen LogP contribution in [0.15, 0.2) is 24.4 Å². The van der Waals surface area contributed by atoms with Crippen LogP contribution in [0, 0.1) is 5.92 Å². The van der Waals surface area contributed by atoms with Crippen molar-refractivity contribution in [3.8, 4) is 0 Å². The molecule has 0 aromatic carbocycles. The molecule has 3 rings (SSSR count). The quantitative estimate of drug-likeness (QED) is 0.865. The summed E-state index contributed by atoms with van der Waals surface area (Å²) >= 11 is 0. The highest BCUT2D eigenvalue weighted by Gasteiger charge is 2.30. The van der Waals surface area contributed by atoms with E-state index < -0.39 is 5.60 Å². The molecular formula is C18H28N4O2. The number of rotatable bonds is 3. The van der Waals surface area contributed by atoms with Crippen molar-refractivity contribution in [1.29, 1.82) is 0 Å². The normalized spacial score (nSPS) is 23.7. The van der Waals surface area contributed by atoms with Crippen molar-refractivity contribution in [1.82, 2.24) is 15.1 Å². The average Bonchev–Trinajstić information content (AvgIpc) is 3.00. The van der Waals surface area contributed by atoms with Gasteiger partial charge in [-0.1, -0.05) is 12.2 Å². The number of alkyl carbamates (subject to hydrolysis) is 1. The fourth-order valence-corrected chi connectivity index (χ4v) is 3.41. The van der Waals surface area contributed by atoms with Gasteiger partial charge in [0.2, 0.25) is 0 Å². The molecule has 24 heavy (non-hydrogen) atoms. The number of hydrogen-bond acceptors (Lipinski definition) is 4. The Hall–Kier alpha value is -1.98. The molecule has 2 aliphatic rings. The van der Waals surface area contributed by atoms with E-state index in [1.165, 1.54) is 25.1 Å². The summed E-state index contributed by atoms with van der Waals surface area (Å²) in [5, 5.41) is 7.35. The zero-order valence-corrected chi connectivity index (χ0v) is 14.9. The lowest BCUT2D eigenvalue weighted by Crippen LogP contribution is -2.48. The number of carbonyl (C=O) groups is 1. The zero-order valence-electron chi connectivity index (χ0n) is 14.9. The van der Waals surface area contributed by atoms with Crippen LogP contribution in [0.2, 0.25) is 0 Å². The summed E-state index contributed by atoms with van der Waals surface area (Å²) in [5.41, 5.74) is -0.468. The lowest BCUT2D eigenvalue weighted by atomic mass is 9.98. The van der Waals surface area contributed by atoms with Gasteiger partial charge in [0.15, 0.2) is 0 Å². The second-order valence-electron chi connectivity index (χ2n) is 7.70. The molecule has 6 nitrogen and oxygen atoms in total. The Morgan fingerprint density at radius 3 is 2.96 bits per heavy atom. The fraction of sp³-hybridized carbons (Fsp3) is 0.667. The van der Waals surface area contributed by atoms with Crippen LogP contribution < -0.4 is 10.2 Å². The van der Waals surface area contributed by atoms with E-state index in [4.69, 9.17) is 4.74 Å². The highest BCUT2D eigenvalue weighted by molar-refractivity contribution is 5.67. The monoisotopic (exact) mass is 332 g/mol. The van der Waals surface area contributed by atoms with Gasteiger partial charge >= 0.3 is 6.09 Å². The van der Waals surface area contributed by atoms with E-state index in [0.29, 0.717) is 18.5 Å². The molecule has 2 unspecified atom stereocenters. The first kappa shape index (κ1) is 16.9. The van der Waals surface area contributed by atoms with Gasteiger partial charge in [0.1, 0.15) is 11.4 Å². The fourth-order valence-electron chi connectivity index (χ4n) is 3.41. The van der Waals surface area contributed by atoms with Crippen LogP contribution >= 0.6 is 0 Å². The number of hydrogen-bond donors (Lipinski definition) is 1. The third-order valence-corrected chi connectivity index (χ3v) is 4.44. The Balaban J connectivity index is 1.63. The van der Waals surface area contributed by atoms with Crippen LogP contribution in [0.25, 0.3) is 0 Å². The molecule has 0 radical (unpaired) electrons. The number of fused-ring (bicyclic) bond motifs is 1. The minimum absolute atomic E-state index is 0.320. The van der Waals surface area contributed by atoms with Crippen molar-refractivity contribution in [2.75, 3.05) is 18.0 Å². The molecule has 1 aromatic heterocycles. The number of ether oxygens (including phenoxy) is 1. The lowest BCUT2D eigenvalue weighted by molar-refractivity contribution is 0.0516. The van der Waals surface area contributed by atoms with E-state index in [1.54, 1.807) is 0 Å². The number of amides is 1. The first-order valence-corrected chi connectivity index (χ1v) is 8.84. The van der Waals surface area contributed by atoms with Crippen molar-refractivity contribution in [2.24, 2.45) is 5.92 Å². The van der Waals surface area contributed by atoms with Crippen molar-refractivity contribution in [2.45, 2.75) is 58.2 Å². The van der Waals surface area contributed by atoms with E-state index in [2.05, 4.69) is 33.5 Å². The van der Waals surface area contributed by atoms with Crippen LogP contribution in [0.3, 0.4) is 0 Å². The van der Waals surface area contributed by atoms with Gasteiger partial charge in [-0.3, -0.25) is 0 Å². The van der Waals surface area contributed by atoms with Crippen LogP contribution in [0.5, 0.6) is 0 Å². The molecule has 1 amide bonds. The maximum Gasteiger partial charge on any atom is 0.407 e. The molecule has 0 saturated heterocycles. The van der Waals surface area contributed by atoms with Crippen LogP contribution in [-0.2, 0) is 11.3 Å². The summed E-state index contributed by atoms with van der Waals surface area (Å²) in [5.74, 6) is 1.50. The van der Waals surface area contributed by atoms with Crippen LogP contribution in [0.4, 0.5) is 10.6 Å². The van der Waals surface area contributed by atoms with Gasteiger partial charge in [0.05, 0.1) is 6.20 Å². The molecule has 1 aromatic rings. The predicted octanol–water partition coefficient (Wildman–Crippen LogP) is 2.95. The molecule has 6 heteroatoms. The van der Waals surface area contributed by atoms with Gasteiger partial charge in [-0.05, 0) is 40.0 Å². The van der Waals surface area contributed by atoms with Crippen molar-refractivity contribution in [3.63, 3.8) is 0 Å². The minimum atomic E-state index is -0.468. The standard InChI is InChI=1S/C18H28N4O2/c1-18(2,3)24-17(23)19-11-14-12-21(15-7-5-4-6-8-15)16-9-10-20-22(16)13-14/h5,7,9-10,14-15H,4,6,8,11-13H2,1-3H3,(H,19,23). The maximum atomic E-state index is 11.9. The average molecular weight is 332 g/mol. The Morgan fingerprint density at radius 2 is 2.25 bits per heavy atom. The van der Waals surface area contributed by atoms with Gasteiger partial charge in [-0.15, -0.1) is 0 Å². The molecule has 132 valence electrons. The number of nitrogens with one attached hydrogen (secondary N) is 1. The Labute approximate surface area is 143 Å². The van der Waals surface area contributed by atoms with E-state index >= 15 is 0 Å². The summed E-state index contributed by atoms with van der Waals surface area (Å²) in [6, 6.07) is 2.51. The van der Waals surface area contributed by atoms with Gasteiger partial charge < -0.3 is 15.0 Å². The molecule has 1 aliphatic carbocycles. The largest absolute Gasteiger partial charge is 0.444 e. The predicted molar refractivity (Wildman–Crippen MR) is 94.1 cm³/mol. The number of nitrogens with zero attached hydrogens (tertiary/aromatic N) is 3. The second-order valence-corrected chi connectivity index (χ2v) is 7.70. The van der Waals surface area contributed by atoms with E-state index in [9.17, 15) is 4.79 Å². The number of anilines is 1. The van der Waals surface area contributed by atoms with Crippen molar-refractivity contribution < 1.29 is 9.53 Å². The molecular weight excluding hydrogens is 304 g/mol. The SMILES string of the molecule is CC(C)(C)OC(=O)NCC1CN(C2C=CCCC2)c2ccnn2C1. The molecule has 2 heterocycles. The van der Waals surface area contributed by atoms with Gasteiger partial charge in [0.25, 0.3) is 0 Å². The first-order valence-electron chi connectivity index (χ1n) is 8.84. The molecule has 2 atom stereocenters. The molecule has 0 bridgehead atoms. The second kappa shape index (κ2) is 6.87. The zero-order chi connectivity index (χ0) is 17.2. The highest BCUT2D eigenvalue weighted by Crippen LogP contribution is 2.28. The number of carbonyl (C=O) groups excluding carboxylic acids is 1. The highest BCUT2D eigenvalue weighted by atomic mass is 16.6. The van der Waals surface area contributed by atoms with Crippen LogP contribution in [0.1, 0.15) is 40.0 Å². The van der Waals surface area contributed by atoms with Gasteiger partial charge in [-0.2, -0.15) is 5.10 Å². The van der Waals surface area contributed by atoms with E-state index in [0.717, 1.165) is 13.1 Å². The lowest BCUT2D eigenvalue weighted by Gasteiger charge is -2.40. The van der Waals surface area contributed by atoms with Crippen LogP contribution in [-0.4, -0.2) is 40.6 Å². The molecule has 0 spiro atoms. The number of aromatic nitrogens is 2. The molecule has 1 aliphatic heterocycles. The Bertz CT molecular complexity index is 602. The third kappa shape index (κ3) is 4.10. The molecule has 0 fully saturated rings. The molecule has 1 N–H and O–H groups in total. The topological polar surface area (TPSA) is 59.4 Å². The van der Waals surface area contributed by atoms with E-state index in [1.807, 2.05) is 31.6 Å². The summed E-state index contributed by atoms with van der Waals surface area (Å²) < 4.78 is 7.38. The van der Waals surface area contributed by atoms with E-state index in [-0.39, 0.29) is 6.09 Å². The Kier molecular flexibility index (Phi) is 4.83. The Morgan fingerprint density at radius 1 is 1.42 bits per heavy atom. The summed E-state index contributed by atoms with van der Waals surface area (Å²) in [6.07, 6.45) is 9.67. The minimum Gasteiger partial charge on any atom is -0.444 e. The van der Waals surface area contributed by atoms with Crippen molar-refractivity contribution >= 4 is 11.9 Å². The van der Waals surface area contributed by atoms with Gasteiger partial charge in [0, 0.05) is 37.7 Å². The van der Waals surface area contributed by atoms with Gasteiger partial charge in [-0.25, -0.2) is 9.48 Å². The maximum absolute atomic E-state index is 11.9. The number of allylic oxidation sites excluding steroid dienone is 1. The summed E-state index contributed by atoms with van der Waals surface area (Å²) in [6.45, 7) is 7.98.